The van der Waals surface area contributed by atoms with E-state index in [1.807, 2.05) is 0 Å². The fourth-order valence-electron chi connectivity index (χ4n) is 4.81. The highest BCUT2D eigenvalue weighted by Gasteiger charge is 2.14. The van der Waals surface area contributed by atoms with Gasteiger partial charge in [0.05, 0.1) is 32.3 Å². The van der Waals surface area contributed by atoms with Gasteiger partial charge in [-0.05, 0) is 133 Å². The fourth-order valence-corrected chi connectivity index (χ4v) is 5.80. The molecule has 6 rings (SSSR count). The van der Waals surface area contributed by atoms with Crippen LogP contribution in [0.25, 0.3) is 0 Å². The number of amides is 2. The minimum atomic E-state index is -0.566. The summed E-state index contributed by atoms with van der Waals surface area (Å²) in [6, 6.07) is 35.0. The minimum Gasteiger partial charge on any atom is -0.423 e. The van der Waals surface area contributed by atoms with Crippen LogP contribution in [0.2, 0.25) is 20.1 Å². The molecular formula is C42H24Cl4N2O6. The van der Waals surface area contributed by atoms with E-state index >= 15 is 0 Å². The molecule has 8 nitrogen and oxygen atoms in total. The second-order valence-electron chi connectivity index (χ2n) is 11.4. The Kier molecular flexibility index (Phi) is 12.0. The average molecular weight is 794 g/mol. The van der Waals surface area contributed by atoms with Crippen molar-refractivity contribution in [2.75, 3.05) is 10.6 Å². The van der Waals surface area contributed by atoms with Gasteiger partial charge in [0.1, 0.15) is 11.5 Å². The first-order valence-corrected chi connectivity index (χ1v) is 17.4. The molecule has 0 bridgehead atoms. The Labute approximate surface area is 329 Å². The number of carbonyl (C=O) groups excluding carboxylic acids is 4. The van der Waals surface area contributed by atoms with Crippen molar-refractivity contribution in [1.82, 2.24) is 0 Å². The van der Waals surface area contributed by atoms with Crippen molar-refractivity contribution in [1.29, 1.82) is 0 Å². The Balaban J connectivity index is 0.981. The van der Waals surface area contributed by atoms with Crippen LogP contribution in [0.3, 0.4) is 0 Å². The van der Waals surface area contributed by atoms with Gasteiger partial charge in [0.2, 0.25) is 0 Å². The number of anilines is 2. The monoisotopic (exact) mass is 792 g/mol. The molecule has 6 aromatic carbocycles. The van der Waals surface area contributed by atoms with E-state index in [2.05, 4.69) is 22.5 Å². The number of hydrogen-bond donors (Lipinski definition) is 2. The Hall–Kier alpha value is -6.08. The molecule has 0 atom stereocenters. The van der Waals surface area contributed by atoms with Gasteiger partial charge in [-0.2, -0.15) is 0 Å². The van der Waals surface area contributed by atoms with Gasteiger partial charge in [-0.15, -0.1) is 0 Å². The summed E-state index contributed by atoms with van der Waals surface area (Å²) in [5.41, 5.74) is 3.47. The number of halogens is 4. The van der Waals surface area contributed by atoms with E-state index in [1.165, 1.54) is 24.3 Å². The molecule has 0 spiro atoms. The lowest BCUT2D eigenvalue weighted by molar-refractivity contribution is 0.0725. The van der Waals surface area contributed by atoms with Crippen LogP contribution in [0.4, 0.5) is 11.4 Å². The SMILES string of the molecule is O=C(Oc1ccc(NC(=O)c2ccc(Cl)cc2Cl)cc1)c1ccc(C#Cc2ccc(C(=O)Oc3ccc(NC(=O)c4ccc(Cl)cc4Cl)cc3)cc2)cc1. The summed E-state index contributed by atoms with van der Waals surface area (Å²) >= 11 is 24.0. The third-order valence-electron chi connectivity index (χ3n) is 7.59. The Morgan fingerprint density at radius 1 is 0.444 bits per heavy atom. The summed E-state index contributed by atoms with van der Waals surface area (Å²) < 4.78 is 10.9. The first-order valence-electron chi connectivity index (χ1n) is 15.9. The number of rotatable bonds is 8. The maximum atomic E-state index is 12.7. The van der Waals surface area contributed by atoms with Gasteiger partial charge in [-0.3, -0.25) is 9.59 Å². The highest BCUT2D eigenvalue weighted by Crippen LogP contribution is 2.25. The van der Waals surface area contributed by atoms with Gasteiger partial charge < -0.3 is 20.1 Å². The van der Waals surface area contributed by atoms with Gasteiger partial charge in [0, 0.05) is 32.5 Å². The largest absolute Gasteiger partial charge is 0.423 e. The lowest BCUT2D eigenvalue weighted by atomic mass is 10.1. The minimum absolute atomic E-state index is 0.228. The van der Waals surface area contributed by atoms with Crippen LogP contribution in [-0.2, 0) is 0 Å². The zero-order valence-electron chi connectivity index (χ0n) is 27.7. The maximum absolute atomic E-state index is 12.7. The molecule has 0 aliphatic heterocycles. The highest BCUT2D eigenvalue weighted by molar-refractivity contribution is 6.37. The molecule has 6 aromatic rings. The van der Waals surface area contributed by atoms with Gasteiger partial charge >= 0.3 is 11.9 Å². The first-order chi connectivity index (χ1) is 26.0. The lowest BCUT2D eigenvalue weighted by Gasteiger charge is -2.09. The summed E-state index contributed by atoms with van der Waals surface area (Å²) in [7, 11) is 0. The molecule has 0 fully saturated rings. The standard InChI is InChI=1S/C42H24Cl4N2O6/c43-29-11-21-35(37(45)23-29)39(49)47-31-13-17-33(18-14-31)53-41(51)27-7-3-25(4-8-27)1-2-26-5-9-28(10-6-26)42(52)54-34-19-15-32(16-20-34)48-40(50)36-22-12-30(44)24-38(36)46/h3-24H,(H,47,49)(H,48,50). The van der Waals surface area contributed by atoms with Crippen molar-refractivity contribution in [2.24, 2.45) is 0 Å². The molecule has 266 valence electrons. The predicted molar refractivity (Wildman–Crippen MR) is 210 cm³/mol. The van der Waals surface area contributed by atoms with Crippen molar-refractivity contribution in [2.45, 2.75) is 0 Å². The number of hydrogen-bond acceptors (Lipinski definition) is 6. The molecule has 0 heterocycles. The summed E-state index contributed by atoms with van der Waals surface area (Å²) in [6.07, 6.45) is 0. The topological polar surface area (TPSA) is 111 Å². The average Bonchev–Trinajstić information content (AvgIpc) is 3.16. The lowest BCUT2D eigenvalue weighted by Crippen LogP contribution is -2.12. The second kappa shape index (κ2) is 17.2. The molecule has 54 heavy (non-hydrogen) atoms. The van der Waals surface area contributed by atoms with Crippen LogP contribution in [-0.4, -0.2) is 23.8 Å². The third-order valence-corrected chi connectivity index (χ3v) is 8.68. The molecule has 0 radical (unpaired) electrons. The molecule has 2 N–H and O–H groups in total. The molecule has 12 heteroatoms. The normalized spacial score (nSPS) is 10.4. The van der Waals surface area contributed by atoms with Gasteiger partial charge in [-0.1, -0.05) is 58.2 Å². The van der Waals surface area contributed by atoms with Gasteiger partial charge in [0.25, 0.3) is 11.8 Å². The summed E-state index contributed by atoms with van der Waals surface area (Å²) in [5, 5.41) is 6.76. The molecule has 2 amide bonds. The number of ether oxygens (including phenoxy) is 2. The van der Waals surface area contributed by atoms with E-state index in [9.17, 15) is 19.2 Å². The van der Waals surface area contributed by atoms with Crippen molar-refractivity contribution in [3.63, 3.8) is 0 Å². The van der Waals surface area contributed by atoms with E-state index in [-0.39, 0.29) is 21.2 Å². The number of benzene rings is 6. The summed E-state index contributed by atoms with van der Waals surface area (Å²) in [6.45, 7) is 0. The quantitative estimate of drug-likeness (QED) is 0.0902. The molecule has 0 aliphatic rings. The fraction of sp³-hybridized carbons (Fsp3) is 0. The van der Waals surface area contributed by atoms with E-state index in [0.29, 0.717) is 55.2 Å². The number of esters is 2. The summed E-state index contributed by atoms with van der Waals surface area (Å²) in [5.74, 6) is 4.69. The van der Waals surface area contributed by atoms with Crippen molar-refractivity contribution >= 4 is 81.5 Å². The molecule has 0 aliphatic carbocycles. The predicted octanol–water partition coefficient (Wildman–Crippen LogP) is 10.6. The third kappa shape index (κ3) is 9.86. The molecule has 0 saturated carbocycles. The Morgan fingerprint density at radius 2 is 0.796 bits per heavy atom. The summed E-state index contributed by atoms with van der Waals surface area (Å²) in [4.78, 5) is 50.6. The van der Waals surface area contributed by atoms with Crippen molar-refractivity contribution < 1.29 is 28.7 Å². The van der Waals surface area contributed by atoms with E-state index in [1.54, 1.807) is 109 Å². The highest BCUT2D eigenvalue weighted by atomic mass is 35.5. The number of carbonyl (C=O) groups is 4. The van der Waals surface area contributed by atoms with Gasteiger partial charge in [-0.25, -0.2) is 9.59 Å². The zero-order valence-corrected chi connectivity index (χ0v) is 30.7. The van der Waals surface area contributed by atoms with Gasteiger partial charge in [0.15, 0.2) is 0 Å². The van der Waals surface area contributed by atoms with E-state index in [0.717, 1.165) is 0 Å². The Bertz CT molecular complexity index is 2270. The first kappa shape index (κ1) is 37.7. The molecule has 0 saturated heterocycles. The van der Waals surface area contributed by atoms with E-state index < -0.39 is 23.8 Å². The number of nitrogens with one attached hydrogen (secondary N) is 2. The molecule has 0 unspecified atom stereocenters. The smallest absolute Gasteiger partial charge is 0.343 e. The van der Waals surface area contributed by atoms with Crippen molar-refractivity contribution in [3.8, 4) is 23.3 Å². The Morgan fingerprint density at radius 3 is 1.13 bits per heavy atom. The van der Waals surface area contributed by atoms with E-state index in [4.69, 9.17) is 55.9 Å². The second-order valence-corrected chi connectivity index (χ2v) is 13.1. The maximum Gasteiger partial charge on any atom is 0.343 e. The zero-order chi connectivity index (χ0) is 38.2. The van der Waals surface area contributed by atoms with Crippen LogP contribution < -0.4 is 20.1 Å². The van der Waals surface area contributed by atoms with Crippen LogP contribution in [0.1, 0.15) is 52.6 Å². The molecular weight excluding hydrogens is 770 g/mol. The molecule has 0 aromatic heterocycles. The van der Waals surface area contributed by atoms with Crippen LogP contribution in [0, 0.1) is 11.8 Å². The van der Waals surface area contributed by atoms with Crippen LogP contribution in [0.15, 0.2) is 133 Å². The van der Waals surface area contributed by atoms with Crippen LogP contribution in [0.5, 0.6) is 11.5 Å². The van der Waals surface area contributed by atoms with Crippen molar-refractivity contribution in [3.05, 3.63) is 187 Å². The van der Waals surface area contributed by atoms with Crippen LogP contribution >= 0.6 is 46.4 Å².